The normalized spacial score (nSPS) is 10.2. The molecule has 0 aliphatic rings. The van der Waals surface area contributed by atoms with Crippen LogP contribution in [0.25, 0.3) is 11.1 Å². The second kappa shape index (κ2) is 7.45. The first-order valence-corrected chi connectivity index (χ1v) is 8.87. The van der Waals surface area contributed by atoms with Crippen LogP contribution in [0.3, 0.4) is 0 Å². The number of nitriles is 1. The Labute approximate surface area is 163 Å². The van der Waals surface area contributed by atoms with Gasteiger partial charge in [-0.15, -0.1) is 11.3 Å². The fraction of sp³-hybridized carbons (Fsp3) is 0. The molecule has 3 rings (SSSR count). The van der Waals surface area contributed by atoms with Crippen molar-refractivity contribution in [3.8, 4) is 17.2 Å². The molecule has 132 valence electrons. The number of carbonyl (C=O) groups excluding carboxylic acids is 1. The summed E-state index contributed by atoms with van der Waals surface area (Å²) in [6.07, 6.45) is 0. The Morgan fingerprint density at radius 1 is 1.15 bits per heavy atom. The number of rotatable bonds is 4. The number of nitro benzene ring substituents is 1. The van der Waals surface area contributed by atoms with Gasteiger partial charge in [-0.05, 0) is 17.7 Å². The molecule has 6 nitrogen and oxygen atoms in total. The number of non-ortho nitro benzene ring substituents is 1. The number of nitrogen functional groups attached to an aromatic ring is 1. The molecule has 2 aromatic carbocycles. The van der Waals surface area contributed by atoms with Gasteiger partial charge in [-0.2, -0.15) is 5.26 Å². The van der Waals surface area contributed by atoms with E-state index in [9.17, 15) is 20.2 Å². The molecule has 0 bridgehead atoms. The molecule has 0 spiro atoms. The van der Waals surface area contributed by atoms with Gasteiger partial charge < -0.3 is 5.73 Å². The first-order valence-electron chi connectivity index (χ1n) is 7.65. The van der Waals surface area contributed by atoms with Crippen molar-refractivity contribution in [2.75, 3.05) is 5.73 Å². The summed E-state index contributed by atoms with van der Waals surface area (Å²) in [6.45, 7) is 0. The van der Waals surface area contributed by atoms with Crippen molar-refractivity contribution in [2.24, 2.45) is 0 Å². The number of nitro groups is 1. The topological polar surface area (TPSA) is 110 Å². The summed E-state index contributed by atoms with van der Waals surface area (Å²) in [5.74, 6) is -0.332. The monoisotopic (exact) mass is 393 g/mol. The molecule has 0 saturated heterocycles. The van der Waals surface area contributed by atoms with Crippen LogP contribution in [0.2, 0.25) is 0 Å². The smallest absolute Gasteiger partial charge is 0.269 e. The van der Waals surface area contributed by atoms with Crippen molar-refractivity contribution in [3.05, 3.63) is 85.2 Å². The molecular formula is C19H11N3O3S2. The molecule has 0 radical (unpaired) electrons. The quantitative estimate of drug-likeness (QED) is 0.297. The fourth-order valence-electron chi connectivity index (χ4n) is 2.64. The standard InChI is InChI=1S/C19H11N3O3S2/c20-10-14-15(11-6-8-13(9-7-11)22(24)25)16(19(26)27-18(14)21)17(23)12-4-2-1-3-5-12/h1-9H,21H2. The summed E-state index contributed by atoms with van der Waals surface area (Å²) < 4.78 is 0.258. The number of hydrogen-bond donors (Lipinski definition) is 1. The van der Waals surface area contributed by atoms with Crippen LogP contribution in [0.15, 0.2) is 54.6 Å². The average molecular weight is 393 g/mol. The van der Waals surface area contributed by atoms with E-state index in [1.165, 1.54) is 24.3 Å². The second-order valence-corrected chi connectivity index (χ2v) is 7.21. The van der Waals surface area contributed by atoms with E-state index in [2.05, 4.69) is 0 Å². The minimum Gasteiger partial charge on any atom is -0.389 e. The maximum absolute atomic E-state index is 13.1. The summed E-state index contributed by atoms with van der Waals surface area (Å²) in [5.41, 5.74) is 7.37. The number of anilines is 1. The van der Waals surface area contributed by atoms with Gasteiger partial charge in [0.05, 0.1) is 16.1 Å². The summed E-state index contributed by atoms with van der Waals surface area (Å²) >= 11 is 6.37. The summed E-state index contributed by atoms with van der Waals surface area (Å²) in [4.78, 5) is 23.5. The number of nitrogens with zero attached hydrogens (tertiary/aromatic N) is 2. The van der Waals surface area contributed by atoms with Crippen LogP contribution in [-0.2, 0) is 0 Å². The van der Waals surface area contributed by atoms with E-state index in [1.54, 1.807) is 30.3 Å². The minimum atomic E-state index is -0.523. The first kappa shape index (κ1) is 18.4. The van der Waals surface area contributed by atoms with Gasteiger partial charge in [0.25, 0.3) is 5.69 Å². The van der Waals surface area contributed by atoms with Crippen LogP contribution in [0.4, 0.5) is 10.7 Å². The molecular weight excluding hydrogens is 382 g/mol. The van der Waals surface area contributed by atoms with Gasteiger partial charge >= 0.3 is 0 Å². The highest BCUT2D eigenvalue weighted by Crippen LogP contribution is 2.37. The molecule has 0 saturated carbocycles. The highest BCUT2D eigenvalue weighted by atomic mass is 32.1. The Kier molecular flexibility index (Phi) is 5.07. The van der Waals surface area contributed by atoms with E-state index < -0.39 is 4.92 Å². The highest BCUT2D eigenvalue weighted by Gasteiger charge is 2.23. The van der Waals surface area contributed by atoms with E-state index in [-0.39, 0.29) is 31.4 Å². The molecule has 0 unspecified atom stereocenters. The molecule has 0 aliphatic carbocycles. The molecule has 0 fully saturated rings. The Morgan fingerprint density at radius 2 is 1.78 bits per heavy atom. The summed E-state index contributed by atoms with van der Waals surface area (Å²) in [6, 6.07) is 16.2. The molecule has 3 aromatic rings. The van der Waals surface area contributed by atoms with Crippen molar-refractivity contribution >= 4 is 40.0 Å². The van der Waals surface area contributed by atoms with Crippen LogP contribution in [0.5, 0.6) is 0 Å². The third-order valence-corrected chi connectivity index (χ3v) is 5.16. The van der Waals surface area contributed by atoms with E-state index in [0.717, 1.165) is 11.3 Å². The van der Waals surface area contributed by atoms with Crippen molar-refractivity contribution in [3.63, 3.8) is 0 Å². The van der Waals surface area contributed by atoms with Crippen LogP contribution in [0.1, 0.15) is 21.5 Å². The molecule has 1 heterocycles. The third kappa shape index (κ3) is 3.46. The molecule has 1 aromatic heterocycles. The van der Waals surface area contributed by atoms with E-state index >= 15 is 0 Å². The maximum atomic E-state index is 13.1. The first-order chi connectivity index (χ1) is 12.9. The van der Waals surface area contributed by atoms with E-state index in [0.29, 0.717) is 16.7 Å². The number of hydrogen-bond acceptors (Lipinski definition) is 7. The van der Waals surface area contributed by atoms with Crippen LogP contribution < -0.4 is 5.73 Å². The Hall–Kier alpha value is -3.41. The number of nitrogens with two attached hydrogens (primary N) is 1. The number of carbonyl (C=O) groups is 1. The van der Waals surface area contributed by atoms with Crippen LogP contribution in [-0.4, -0.2) is 10.7 Å². The lowest BCUT2D eigenvalue weighted by Crippen LogP contribution is -2.07. The highest BCUT2D eigenvalue weighted by molar-refractivity contribution is 7.73. The van der Waals surface area contributed by atoms with Gasteiger partial charge in [0.2, 0.25) is 0 Å². The van der Waals surface area contributed by atoms with Crippen LogP contribution >= 0.6 is 23.6 Å². The molecule has 8 heteroatoms. The zero-order valence-electron chi connectivity index (χ0n) is 13.7. The van der Waals surface area contributed by atoms with E-state index in [1.807, 2.05) is 6.07 Å². The lowest BCUT2D eigenvalue weighted by atomic mass is 9.93. The Morgan fingerprint density at radius 3 is 2.33 bits per heavy atom. The summed E-state index contributed by atoms with van der Waals surface area (Å²) in [7, 11) is 0. The molecule has 0 amide bonds. The lowest BCUT2D eigenvalue weighted by molar-refractivity contribution is -0.384. The molecule has 2 N–H and O–H groups in total. The molecule has 27 heavy (non-hydrogen) atoms. The van der Waals surface area contributed by atoms with Crippen LogP contribution in [0, 0.1) is 25.3 Å². The SMILES string of the molecule is N#Cc1c(N)sc(=S)c(C(=O)c2ccccc2)c1-c1ccc([N+](=O)[O-])cc1. The van der Waals surface area contributed by atoms with Gasteiger partial charge in [-0.1, -0.05) is 42.5 Å². The fourth-order valence-corrected chi connectivity index (χ4v) is 3.85. The van der Waals surface area contributed by atoms with Crippen molar-refractivity contribution in [1.82, 2.24) is 0 Å². The zero-order valence-corrected chi connectivity index (χ0v) is 15.3. The second-order valence-electron chi connectivity index (χ2n) is 5.49. The van der Waals surface area contributed by atoms with Gasteiger partial charge in [0, 0.05) is 23.3 Å². The zero-order chi connectivity index (χ0) is 19.6. The summed E-state index contributed by atoms with van der Waals surface area (Å²) in [5, 5.41) is 20.7. The van der Waals surface area contributed by atoms with Gasteiger partial charge in [-0.3, -0.25) is 14.9 Å². The average Bonchev–Trinajstić information content (AvgIpc) is 2.67. The lowest BCUT2D eigenvalue weighted by Gasteiger charge is -2.13. The minimum absolute atomic E-state index is 0.0986. The largest absolute Gasteiger partial charge is 0.389 e. The molecule has 0 aliphatic heterocycles. The van der Waals surface area contributed by atoms with Crippen molar-refractivity contribution in [2.45, 2.75) is 0 Å². The Bertz CT molecular complexity index is 1150. The Balaban J connectivity index is 2.31. The predicted octanol–water partition coefficient (Wildman–Crippen LogP) is 4.74. The van der Waals surface area contributed by atoms with Gasteiger partial charge in [0.15, 0.2) is 5.78 Å². The van der Waals surface area contributed by atoms with Gasteiger partial charge in [-0.25, -0.2) is 0 Å². The van der Waals surface area contributed by atoms with Crippen molar-refractivity contribution < 1.29 is 9.72 Å². The molecule has 0 atom stereocenters. The predicted molar refractivity (Wildman–Crippen MR) is 106 cm³/mol. The number of benzene rings is 2. The maximum Gasteiger partial charge on any atom is 0.269 e. The van der Waals surface area contributed by atoms with Crippen molar-refractivity contribution in [1.29, 1.82) is 5.26 Å². The number of ketones is 1. The van der Waals surface area contributed by atoms with E-state index in [4.69, 9.17) is 18.0 Å². The third-order valence-electron chi connectivity index (χ3n) is 3.89. The van der Waals surface area contributed by atoms with Gasteiger partial charge in [0.1, 0.15) is 14.9 Å².